The number of rotatable bonds is 5. The number of methoxy groups -OCH3 is 2. The monoisotopic (exact) mass is 390 g/mol. The van der Waals surface area contributed by atoms with Crippen LogP contribution in [0.3, 0.4) is 0 Å². The van der Waals surface area contributed by atoms with Crippen molar-refractivity contribution in [3.8, 4) is 5.75 Å². The van der Waals surface area contributed by atoms with Crippen molar-refractivity contribution in [2.75, 3.05) is 14.2 Å². The lowest BCUT2D eigenvalue weighted by atomic mass is 10.1. The van der Waals surface area contributed by atoms with Gasteiger partial charge in [0.15, 0.2) is 0 Å². The number of hydrogen-bond donors (Lipinski definition) is 1. The number of carbonyl (C=O) groups is 2. The summed E-state index contributed by atoms with van der Waals surface area (Å²) in [6.07, 6.45) is 1.48. The third-order valence-electron chi connectivity index (χ3n) is 3.12. The first-order valence-electron chi connectivity index (χ1n) is 6.90. The maximum Gasteiger partial charge on any atom is 0.337 e. The molecule has 0 saturated heterocycles. The number of esters is 1. The van der Waals surface area contributed by atoms with Crippen molar-refractivity contribution in [3.63, 3.8) is 0 Å². The molecule has 2 aromatic rings. The van der Waals surface area contributed by atoms with E-state index in [9.17, 15) is 9.59 Å². The molecule has 0 unspecified atom stereocenters. The molecular weight excluding hydrogens is 376 g/mol. The Bertz CT molecular complexity index is 773. The number of ether oxygens (including phenoxy) is 2. The Morgan fingerprint density at radius 2 is 1.83 bits per heavy atom. The highest BCUT2D eigenvalue weighted by atomic mass is 79.9. The third-order valence-corrected chi connectivity index (χ3v) is 3.61. The third kappa shape index (κ3) is 4.42. The van der Waals surface area contributed by atoms with E-state index in [1.807, 2.05) is 0 Å². The van der Waals surface area contributed by atoms with Gasteiger partial charge in [-0.1, -0.05) is 28.1 Å². The van der Waals surface area contributed by atoms with Crippen LogP contribution in [0.25, 0.3) is 0 Å². The van der Waals surface area contributed by atoms with Crippen LogP contribution in [-0.2, 0) is 4.74 Å². The van der Waals surface area contributed by atoms with Gasteiger partial charge in [0.25, 0.3) is 5.91 Å². The molecule has 0 aliphatic carbocycles. The zero-order valence-electron chi connectivity index (χ0n) is 13.1. The van der Waals surface area contributed by atoms with Crippen molar-refractivity contribution in [3.05, 3.63) is 63.6 Å². The summed E-state index contributed by atoms with van der Waals surface area (Å²) in [5, 5.41) is 3.91. The minimum absolute atomic E-state index is 0.366. The van der Waals surface area contributed by atoms with Gasteiger partial charge in [-0.25, -0.2) is 10.2 Å². The van der Waals surface area contributed by atoms with E-state index in [0.717, 1.165) is 10.0 Å². The molecule has 0 aliphatic rings. The lowest BCUT2D eigenvalue weighted by Crippen LogP contribution is -2.18. The normalized spacial score (nSPS) is 10.5. The number of hydrogen-bond acceptors (Lipinski definition) is 5. The zero-order valence-corrected chi connectivity index (χ0v) is 14.7. The number of amides is 1. The molecule has 0 aromatic heterocycles. The molecule has 1 amide bonds. The summed E-state index contributed by atoms with van der Waals surface area (Å²) >= 11 is 3.31. The second-order valence-corrected chi connectivity index (χ2v) is 5.57. The van der Waals surface area contributed by atoms with Gasteiger partial charge in [0.05, 0.1) is 31.6 Å². The Kier molecular flexibility index (Phi) is 6.08. The van der Waals surface area contributed by atoms with Gasteiger partial charge in [-0.2, -0.15) is 5.10 Å². The molecule has 0 saturated carbocycles. The van der Waals surface area contributed by atoms with Crippen LogP contribution < -0.4 is 10.2 Å². The second-order valence-electron chi connectivity index (χ2n) is 4.66. The summed E-state index contributed by atoms with van der Waals surface area (Å²) in [5.41, 5.74) is 3.97. The maximum absolute atomic E-state index is 12.2. The molecule has 0 aliphatic heterocycles. The molecule has 6 nitrogen and oxygen atoms in total. The van der Waals surface area contributed by atoms with Gasteiger partial charge in [-0.3, -0.25) is 4.79 Å². The molecule has 0 bridgehead atoms. The van der Waals surface area contributed by atoms with Crippen LogP contribution in [0.4, 0.5) is 0 Å². The maximum atomic E-state index is 12.2. The van der Waals surface area contributed by atoms with Gasteiger partial charge in [0, 0.05) is 4.47 Å². The lowest BCUT2D eigenvalue weighted by Gasteiger charge is -2.07. The highest BCUT2D eigenvalue weighted by Crippen LogP contribution is 2.22. The fourth-order valence-corrected chi connectivity index (χ4v) is 2.27. The highest BCUT2D eigenvalue weighted by Gasteiger charge is 2.12. The fraction of sp³-hybridized carbons (Fsp3) is 0.118. The quantitative estimate of drug-likeness (QED) is 0.483. The molecular formula is C17H15BrN2O4. The van der Waals surface area contributed by atoms with Crippen molar-refractivity contribution in [2.24, 2.45) is 5.10 Å². The SMILES string of the molecule is COC(=O)c1ccc(C=NNC(=O)c2cc(Br)ccc2OC)cc1. The van der Waals surface area contributed by atoms with Crippen LogP contribution in [0.2, 0.25) is 0 Å². The van der Waals surface area contributed by atoms with Gasteiger partial charge in [-0.15, -0.1) is 0 Å². The highest BCUT2D eigenvalue weighted by molar-refractivity contribution is 9.10. The Morgan fingerprint density at radius 3 is 2.46 bits per heavy atom. The zero-order chi connectivity index (χ0) is 17.5. The van der Waals surface area contributed by atoms with E-state index < -0.39 is 11.9 Å². The van der Waals surface area contributed by atoms with Gasteiger partial charge >= 0.3 is 5.97 Å². The van der Waals surface area contributed by atoms with E-state index in [-0.39, 0.29) is 0 Å². The van der Waals surface area contributed by atoms with E-state index in [4.69, 9.17) is 4.74 Å². The van der Waals surface area contributed by atoms with E-state index in [1.165, 1.54) is 20.4 Å². The Labute approximate surface area is 147 Å². The molecule has 0 fully saturated rings. The Balaban J connectivity index is 2.05. The number of halogens is 1. The van der Waals surface area contributed by atoms with E-state index in [1.54, 1.807) is 42.5 Å². The number of hydrazone groups is 1. The van der Waals surface area contributed by atoms with Crippen molar-refractivity contribution >= 4 is 34.0 Å². The number of nitrogens with zero attached hydrogens (tertiary/aromatic N) is 1. The van der Waals surface area contributed by atoms with Gasteiger partial charge in [-0.05, 0) is 35.9 Å². The van der Waals surface area contributed by atoms with Crippen molar-refractivity contribution in [2.45, 2.75) is 0 Å². The molecule has 2 aromatic carbocycles. The number of nitrogens with one attached hydrogen (secondary N) is 1. The van der Waals surface area contributed by atoms with E-state index in [2.05, 4.69) is 31.2 Å². The molecule has 0 spiro atoms. The summed E-state index contributed by atoms with van der Waals surface area (Å²) in [6, 6.07) is 11.7. The molecule has 1 N–H and O–H groups in total. The molecule has 124 valence electrons. The van der Waals surface area contributed by atoms with E-state index in [0.29, 0.717) is 16.9 Å². The van der Waals surface area contributed by atoms with E-state index >= 15 is 0 Å². The first-order valence-corrected chi connectivity index (χ1v) is 7.69. The number of carbonyl (C=O) groups excluding carboxylic acids is 2. The van der Waals surface area contributed by atoms with Crippen LogP contribution in [0.5, 0.6) is 5.75 Å². The average molecular weight is 391 g/mol. The van der Waals surface area contributed by atoms with Crippen LogP contribution >= 0.6 is 15.9 Å². The average Bonchev–Trinajstić information content (AvgIpc) is 2.61. The standard InChI is InChI=1S/C17H15BrN2O4/c1-23-15-8-7-13(18)9-14(15)16(21)20-19-10-11-3-5-12(6-4-11)17(22)24-2/h3-10H,1-2H3,(H,20,21). The van der Waals surface area contributed by atoms with Crippen molar-refractivity contribution < 1.29 is 19.1 Å². The number of benzene rings is 2. The van der Waals surface area contributed by atoms with Crippen molar-refractivity contribution in [1.82, 2.24) is 5.43 Å². The summed E-state index contributed by atoms with van der Waals surface area (Å²) < 4.78 is 10.5. The molecule has 0 heterocycles. The molecule has 24 heavy (non-hydrogen) atoms. The topological polar surface area (TPSA) is 77.0 Å². The van der Waals surface area contributed by atoms with Crippen LogP contribution in [-0.4, -0.2) is 32.3 Å². The predicted molar refractivity (Wildman–Crippen MR) is 93.5 cm³/mol. The van der Waals surface area contributed by atoms with Gasteiger partial charge in [0.1, 0.15) is 5.75 Å². The molecule has 0 atom stereocenters. The Morgan fingerprint density at radius 1 is 1.12 bits per heavy atom. The first kappa shape index (κ1) is 17.7. The van der Waals surface area contributed by atoms with Gasteiger partial charge in [0.2, 0.25) is 0 Å². The molecule has 7 heteroatoms. The van der Waals surface area contributed by atoms with Crippen LogP contribution in [0, 0.1) is 0 Å². The summed E-state index contributed by atoms with van der Waals surface area (Å²) in [5.74, 6) is -0.350. The first-order chi connectivity index (χ1) is 11.5. The minimum Gasteiger partial charge on any atom is -0.496 e. The van der Waals surface area contributed by atoms with Crippen LogP contribution in [0.1, 0.15) is 26.3 Å². The summed E-state index contributed by atoms with van der Waals surface area (Å²) in [4.78, 5) is 23.5. The minimum atomic E-state index is -0.409. The lowest BCUT2D eigenvalue weighted by molar-refractivity contribution is 0.0600. The fourth-order valence-electron chi connectivity index (χ4n) is 1.91. The molecule has 0 radical (unpaired) electrons. The predicted octanol–water partition coefficient (Wildman–Crippen LogP) is 3.01. The summed E-state index contributed by atoms with van der Waals surface area (Å²) in [7, 11) is 2.82. The van der Waals surface area contributed by atoms with Crippen molar-refractivity contribution in [1.29, 1.82) is 0 Å². The largest absolute Gasteiger partial charge is 0.496 e. The smallest absolute Gasteiger partial charge is 0.337 e. The van der Waals surface area contributed by atoms with Crippen LogP contribution in [0.15, 0.2) is 52.0 Å². The summed E-state index contributed by atoms with van der Waals surface area (Å²) in [6.45, 7) is 0. The Hall–Kier alpha value is -2.67. The molecule has 2 rings (SSSR count). The van der Waals surface area contributed by atoms with Gasteiger partial charge < -0.3 is 9.47 Å². The second kappa shape index (κ2) is 8.26.